The molecule has 1 aromatic heterocycles. The quantitative estimate of drug-likeness (QED) is 0.734. The van der Waals surface area contributed by atoms with Crippen molar-refractivity contribution in [2.45, 2.75) is 19.8 Å². The van der Waals surface area contributed by atoms with E-state index in [2.05, 4.69) is 31.2 Å². The Kier molecular flexibility index (Phi) is 4.24. The molecule has 0 aliphatic heterocycles. The van der Waals surface area contributed by atoms with Crippen LogP contribution in [0.2, 0.25) is 0 Å². The smallest absolute Gasteiger partial charge is 0.224 e. The number of anilines is 1. The maximum atomic E-state index is 12.1. The molecule has 1 heterocycles. The molecule has 0 fully saturated rings. The van der Waals surface area contributed by atoms with Crippen LogP contribution in [-0.4, -0.2) is 15.9 Å². The predicted octanol–water partition coefficient (Wildman–Crippen LogP) is 4.21. The van der Waals surface area contributed by atoms with Crippen molar-refractivity contribution in [1.29, 1.82) is 0 Å². The number of benzene rings is 2. The van der Waals surface area contributed by atoms with Gasteiger partial charge in [0.1, 0.15) is 5.82 Å². The van der Waals surface area contributed by atoms with Gasteiger partial charge in [0, 0.05) is 23.0 Å². The van der Waals surface area contributed by atoms with Crippen LogP contribution in [-0.2, 0) is 11.2 Å². The van der Waals surface area contributed by atoms with Crippen LogP contribution < -0.4 is 5.32 Å². The maximum Gasteiger partial charge on any atom is 0.224 e. The van der Waals surface area contributed by atoms with E-state index in [-0.39, 0.29) is 5.91 Å². The van der Waals surface area contributed by atoms with Gasteiger partial charge >= 0.3 is 0 Å². The van der Waals surface area contributed by atoms with Gasteiger partial charge in [-0.15, -0.1) is 0 Å². The zero-order valence-electron chi connectivity index (χ0n) is 12.2. The van der Waals surface area contributed by atoms with Crippen molar-refractivity contribution < 1.29 is 4.79 Å². The predicted molar refractivity (Wildman–Crippen MR) is 91.9 cm³/mol. The summed E-state index contributed by atoms with van der Waals surface area (Å²) in [4.78, 5) is 19.8. The lowest BCUT2D eigenvalue weighted by molar-refractivity contribution is -0.116. The van der Waals surface area contributed by atoms with Gasteiger partial charge in [0.05, 0.1) is 11.0 Å². The number of aromatic nitrogens is 2. The fourth-order valence-corrected chi connectivity index (χ4v) is 2.81. The lowest BCUT2D eigenvalue weighted by Crippen LogP contribution is -2.13. The summed E-state index contributed by atoms with van der Waals surface area (Å²) >= 11 is 3.42. The summed E-state index contributed by atoms with van der Waals surface area (Å²) in [5.74, 6) is 0.828. The van der Waals surface area contributed by atoms with Crippen LogP contribution in [0.3, 0.4) is 0 Å². The fourth-order valence-electron chi connectivity index (χ4n) is 2.34. The molecule has 0 atom stereocenters. The molecule has 112 valence electrons. The summed E-state index contributed by atoms with van der Waals surface area (Å²) in [5.41, 5.74) is 3.81. The van der Waals surface area contributed by atoms with E-state index in [0.29, 0.717) is 12.8 Å². The number of hydrogen-bond donors (Lipinski definition) is 2. The first-order valence-electron chi connectivity index (χ1n) is 7.11. The molecule has 22 heavy (non-hydrogen) atoms. The zero-order valence-corrected chi connectivity index (χ0v) is 13.8. The van der Waals surface area contributed by atoms with Crippen LogP contribution in [0.15, 0.2) is 46.9 Å². The van der Waals surface area contributed by atoms with Gasteiger partial charge in [-0.25, -0.2) is 4.98 Å². The fraction of sp³-hybridized carbons (Fsp3) is 0.176. The summed E-state index contributed by atoms with van der Waals surface area (Å²) in [6.07, 6.45) is 0.991. The molecule has 0 bridgehead atoms. The second-order valence-corrected chi connectivity index (χ2v) is 6.12. The van der Waals surface area contributed by atoms with Crippen LogP contribution in [0.25, 0.3) is 11.0 Å². The van der Waals surface area contributed by atoms with Gasteiger partial charge in [0.25, 0.3) is 0 Å². The molecule has 0 saturated heterocycles. The Morgan fingerprint density at radius 2 is 2.09 bits per heavy atom. The molecule has 0 aliphatic carbocycles. The first-order valence-corrected chi connectivity index (χ1v) is 7.91. The Morgan fingerprint density at radius 1 is 1.27 bits per heavy atom. The van der Waals surface area contributed by atoms with E-state index >= 15 is 0 Å². The Bertz CT molecular complexity index is 793. The molecule has 2 N–H and O–H groups in total. The van der Waals surface area contributed by atoms with Crippen LogP contribution >= 0.6 is 15.9 Å². The highest BCUT2D eigenvalue weighted by Gasteiger charge is 2.08. The number of hydrogen-bond acceptors (Lipinski definition) is 2. The summed E-state index contributed by atoms with van der Waals surface area (Å²) in [6.45, 7) is 1.97. The number of nitrogens with zero attached hydrogens (tertiary/aromatic N) is 1. The van der Waals surface area contributed by atoms with Gasteiger partial charge in [-0.2, -0.15) is 0 Å². The minimum Gasteiger partial charge on any atom is -0.342 e. The van der Waals surface area contributed by atoms with Crippen molar-refractivity contribution >= 4 is 38.6 Å². The second kappa shape index (κ2) is 6.32. The lowest BCUT2D eigenvalue weighted by atomic mass is 10.2. The highest BCUT2D eigenvalue weighted by Crippen LogP contribution is 2.20. The second-order valence-electron chi connectivity index (χ2n) is 5.21. The molecule has 0 spiro atoms. The van der Waals surface area contributed by atoms with Crippen LogP contribution in [0.5, 0.6) is 0 Å². The number of carbonyl (C=O) groups excluding carboxylic acids is 1. The number of rotatable bonds is 4. The van der Waals surface area contributed by atoms with Crippen LogP contribution in [0.4, 0.5) is 5.69 Å². The zero-order chi connectivity index (χ0) is 15.5. The standard InChI is InChI=1S/C17H16BrN3O/c1-11-10-12(18)6-7-13(11)21-17(22)9-8-16-19-14-4-2-3-5-15(14)20-16/h2-7,10H,8-9H2,1H3,(H,19,20)(H,21,22). The number of fused-ring (bicyclic) bond motifs is 1. The van der Waals surface area contributed by atoms with Crippen molar-refractivity contribution in [2.75, 3.05) is 5.32 Å². The third-order valence-corrected chi connectivity index (χ3v) is 3.98. The Balaban J connectivity index is 1.62. The highest BCUT2D eigenvalue weighted by atomic mass is 79.9. The van der Waals surface area contributed by atoms with Gasteiger partial charge in [0.15, 0.2) is 0 Å². The Hall–Kier alpha value is -2.14. The summed E-state index contributed by atoms with van der Waals surface area (Å²) in [6, 6.07) is 13.7. The summed E-state index contributed by atoms with van der Waals surface area (Å²) in [7, 11) is 0. The molecular weight excluding hydrogens is 342 g/mol. The summed E-state index contributed by atoms with van der Waals surface area (Å²) in [5, 5.41) is 2.94. The van der Waals surface area contributed by atoms with Crippen molar-refractivity contribution in [2.24, 2.45) is 0 Å². The van der Waals surface area contributed by atoms with E-state index in [0.717, 1.165) is 32.6 Å². The first-order chi connectivity index (χ1) is 10.6. The number of halogens is 1. The molecule has 0 unspecified atom stereocenters. The number of H-pyrrole nitrogens is 1. The lowest BCUT2D eigenvalue weighted by Gasteiger charge is -2.08. The molecule has 0 aliphatic rings. The van der Waals surface area contributed by atoms with Crippen LogP contribution in [0, 0.1) is 6.92 Å². The van der Waals surface area contributed by atoms with Crippen molar-refractivity contribution in [3.05, 3.63) is 58.3 Å². The number of imidazole rings is 1. The Labute approximate surface area is 137 Å². The van der Waals surface area contributed by atoms with Gasteiger partial charge in [-0.3, -0.25) is 4.79 Å². The van der Waals surface area contributed by atoms with Crippen molar-refractivity contribution in [3.63, 3.8) is 0 Å². The molecule has 2 aromatic carbocycles. The van der Waals surface area contributed by atoms with Gasteiger partial charge in [0.2, 0.25) is 5.91 Å². The third-order valence-electron chi connectivity index (χ3n) is 3.49. The van der Waals surface area contributed by atoms with Crippen molar-refractivity contribution in [1.82, 2.24) is 9.97 Å². The molecule has 3 aromatic rings. The average molecular weight is 358 g/mol. The summed E-state index contributed by atoms with van der Waals surface area (Å²) < 4.78 is 1.00. The molecule has 0 saturated carbocycles. The monoisotopic (exact) mass is 357 g/mol. The average Bonchev–Trinajstić information content (AvgIpc) is 2.91. The van der Waals surface area contributed by atoms with E-state index in [4.69, 9.17) is 0 Å². The number of aromatic amines is 1. The van der Waals surface area contributed by atoms with Crippen molar-refractivity contribution in [3.8, 4) is 0 Å². The van der Waals surface area contributed by atoms with Crippen LogP contribution in [0.1, 0.15) is 17.8 Å². The molecule has 5 heteroatoms. The van der Waals surface area contributed by atoms with Gasteiger partial charge in [-0.05, 0) is 42.8 Å². The van der Waals surface area contributed by atoms with E-state index < -0.39 is 0 Å². The van der Waals surface area contributed by atoms with E-state index in [1.54, 1.807) is 0 Å². The molecule has 4 nitrogen and oxygen atoms in total. The molecular formula is C17H16BrN3O. The SMILES string of the molecule is Cc1cc(Br)ccc1NC(=O)CCc1nc2ccccc2[nH]1. The van der Waals surface area contributed by atoms with Gasteiger partial charge < -0.3 is 10.3 Å². The number of amides is 1. The highest BCUT2D eigenvalue weighted by molar-refractivity contribution is 9.10. The normalized spacial score (nSPS) is 10.8. The van der Waals surface area contributed by atoms with E-state index in [9.17, 15) is 4.79 Å². The number of nitrogens with one attached hydrogen (secondary N) is 2. The molecule has 3 rings (SSSR count). The largest absolute Gasteiger partial charge is 0.342 e. The van der Waals surface area contributed by atoms with E-state index in [1.807, 2.05) is 49.4 Å². The third kappa shape index (κ3) is 3.36. The minimum absolute atomic E-state index is 0.00845. The topological polar surface area (TPSA) is 57.8 Å². The molecule has 1 amide bonds. The minimum atomic E-state index is -0.00845. The Morgan fingerprint density at radius 3 is 2.86 bits per heavy atom. The maximum absolute atomic E-state index is 12.1. The number of carbonyl (C=O) groups is 1. The van der Waals surface area contributed by atoms with Gasteiger partial charge in [-0.1, -0.05) is 28.1 Å². The molecule has 0 radical (unpaired) electrons. The first kappa shape index (κ1) is 14.8. The number of para-hydroxylation sites is 2. The number of aryl methyl sites for hydroxylation is 2. The van der Waals surface area contributed by atoms with E-state index in [1.165, 1.54) is 0 Å².